The summed E-state index contributed by atoms with van der Waals surface area (Å²) in [5.41, 5.74) is 3.88. The maximum Gasteiger partial charge on any atom is 0.490 e. The van der Waals surface area contributed by atoms with Crippen molar-refractivity contribution in [2.24, 2.45) is 5.73 Å². The molecule has 1 fully saturated rings. The number of hydrogen-bond donors (Lipinski definition) is 5. The summed E-state index contributed by atoms with van der Waals surface area (Å²) in [5, 5.41) is 15.4. The Morgan fingerprint density at radius 1 is 1.11 bits per heavy atom. The van der Waals surface area contributed by atoms with Crippen molar-refractivity contribution in [2.45, 2.75) is 31.2 Å². The number of halogens is 7. The summed E-state index contributed by atoms with van der Waals surface area (Å²) in [7, 11) is 0. The molecule has 1 aromatic carbocycles. The van der Waals surface area contributed by atoms with Gasteiger partial charge in [0.15, 0.2) is 0 Å². The van der Waals surface area contributed by atoms with Gasteiger partial charge in [-0.05, 0) is 37.6 Å². The van der Waals surface area contributed by atoms with Gasteiger partial charge in [0.05, 0.1) is 16.8 Å². The van der Waals surface area contributed by atoms with Crippen LogP contribution < -0.4 is 21.7 Å². The number of benzene rings is 1. The number of hydrogen-bond acceptors (Lipinski definition) is 4. The zero-order chi connectivity index (χ0) is 27.3. The van der Waals surface area contributed by atoms with Gasteiger partial charge >= 0.3 is 24.4 Å². The van der Waals surface area contributed by atoms with Crippen LogP contribution >= 0.6 is 0 Å². The number of rotatable bonds is 4. The fourth-order valence-corrected chi connectivity index (χ4v) is 3.15. The van der Waals surface area contributed by atoms with Crippen molar-refractivity contribution in [1.29, 1.82) is 0 Å². The highest BCUT2D eigenvalue weighted by Gasteiger charge is 2.38. The summed E-state index contributed by atoms with van der Waals surface area (Å²) in [4.78, 5) is 32.8. The molecule has 3 rings (SSSR count). The van der Waals surface area contributed by atoms with Crippen LogP contribution in [0, 0.1) is 5.82 Å². The molecule has 9 nitrogen and oxygen atoms in total. The summed E-state index contributed by atoms with van der Waals surface area (Å²) < 4.78 is 85.2. The molecule has 198 valence electrons. The Labute approximate surface area is 198 Å². The molecule has 0 saturated carbocycles. The third-order valence-corrected chi connectivity index (χ3v) is 4.76. The minimum absolute atomic E-state index is 0.0430. The van der Waals surface area contributed by atoms with Gasteiger partial charge in [-0.25, -0.2) is 14.0 Å². The molecule has 1 aromatic heterocycles. The molecule has 0 aliphatic carbocycles. The molecule has 1 atom stereocenters. The van der Waals surface area contributed by atoms with Gasteiger partial charge < -0.3 is 31.4 Å². The number of amides is 3. The summed E-state index contributed by atoms with van der Waals surface area (Å²) in [6, 6.07) is 1.34. The quantitative estimate of drug-likeness (QED) is 0.389. The van der Waals surface area contributed by atoms with Crippen molar-refractivity contribution in [2.75, 3.05) is 18.4 Å². The van der Waals surface area contributed by atoms with Gasteiger partial charge in [-0.15, -0.1) is 0 Å². The number of alkyl halides is 6. The number of aromatic nitrogens is 1. The minimum Gasteiger partial charge on any atom is -0.475 e. The van der Waals surface area contributed by atoms with Gasteiger partial charge in [0.1, 0.15) is 5.82 Å². The largest absolute Gasteiger partial charge is 0.490 e. The van der Waals surface area contributed by atoms with Crippen LogP contribution in [0.5, 0.6) is 0 Å². The standard InChI is InChI=1S/C18H19F4N5O2.C2HF3O2/c19-14-6-11(3-4-13(14)18(20,21)22)27-8-12(15(9-27)26-17(23)29)16(28)25-10-2-1-5-24-7-10;3-2(4,5)1(6)7/h3-4,6,8-10,24H,1-2,5,7H2,(H,25,28)(H3,23,26,29);(H,6,7)/t10-;/m0./s1. The fraction of sp³-hybridized carbons (Fsp3) is 0.350. The van der Waals surface area contributed by atoms with E-state index in [0.717, 1.165) is 25.5 Å². The molecule has 0 bridgehead atoms. The van der Waals surface area contributed by atoms with E-state index in [1.807, 2.05) is 0 Å². The van der Waals surface area contributed by atoms with E-state index < -0.39 is 41.6 Å². The van der Waals surface area contributed by atoms with E-state index >= 15 is 0 Å². The van der Waals surface area contributed by atoms with E-state index in [2.05, 4.69) is 16.0 Å². The predicted octanol–water partition coefficient (Wildman–Crippen LogP) is 3.24. The predicted molar refractivity (Wildman–Crippen MR) is 111 cm³/mol. The van der Waals surface area contributed by atoms with E-state index in [4.69, 9.17) is 15.6 Å². The normalized spacial score (nSPS) is 15.9. The molecule has 2 aromatic rings. The van der Waals surface area contributed by atoms with Gasteiger partial charge in [-0.2, -0.15) is 26.3 Å². The number of carboxylic acids is 1. The highest BCUT2D eigenvalue weighted by atomic mass is 19.4. The van der Waals surface area contributed by atoms with Crippen molar-refractivity contribution in [3.05, 3.63) is 47.5 Å². The lowest BCUT2D eigenvalue weighted by atomic mass is 10.1. The fourth-order valence-electron chi connectivity index (χ4n) is 3.15. The van der Waals surface area contributed by atoms with Crippen molar-refractivity contribution in [1.82, 2.24) is 15.2 Å². The topological polar surface area (TPSA) is 138 Å². The van der Waals surface area contributed by atoms with E-state index in [1.54, 1.807) is 0 Å². The van der Waals surface area contributed by atoms with E-state index in [1.165, 1.54) is 17.0 Å². The summed E-state index contributed by atoms with van der Waals surface area (Å²) in [6.45, 7) is 1.45. The lowest BCUT2D eigenvalue weighted by Crippen LogP contribution is -2.45. The molecule has 1 aliphatic heterocycles. The second kappa shape index (κ2) is 11.3. The van der Waals surface area contributed by atoms with Crippen molar-refractivity contribution >= 4 is 23.6 Å². The zero-order valence-electron chi connectivity index (χ0n) is 18.1. The molecule has 3 amide bonds. The number of primary amides is 1. The average molecular weight is 527 g/mol. The lowest BCUT2D eigenvalue weighted by molar-refractivity contribution is -0.192. The SMILES string of the molecule is NC(=O)Nc1cn(-c2ccc(C(F)(F)F)c(F)c2)cc1C(=O)N[C@H]1CCCNC1.O=C(O)C(F)(F)F. The third kappa shape index (κ3) is 7.86. The first-order valence-corrected chi connectivity index (χ1v) is 10.1. The maximum atomic E-state index is 13.9. The van der Waals surface area contributed by atoms with Crippen molar-refractivity contribution < 1.29 is 50.2 Å². The monoisotopic (exact) mass is 527 g/mol. The summed E-state index contributed by atoms with van der Waals surface area (Å²) in [6.07, 6.45) is -5.66. The summed E-state index contributed by atoms with van der Waals surface area (Å²) >= 11 is 0. The second-order valence-corrected chi connectivity index (χ2v) is 7.46. The molecule has 2 heterocycles. The molecule has 0 spiro atoms. The van der Waals surface area contributed by atoms with Gasteiger partial charge in [0.2, 0.25) is 0 Å². The average Bonchev–Trinajstić information content (AvgIpc) is 3.16. The Hall–Kier alpha value is -3.82. The first kappa shape index (κ1) is 28.4. The molecule has 0 unspecified atom stereocenters. The molecular weight excluding hydrogens is 507 g/mol. The maximum absolute atomic E-state index is 13.9. The van der Waals surface area contributed by atoms with Gasteiger partial charge in [0, 0.05) is 30.7 Å². The second-order valence-electron chi connectivity index (χ2n) is 7.46. The van der Waals surface area contributed by atoms with Gasteiger partial charge in [0.25, 0.3) is 5.91 Å². The molecule has 1 aliphatic rings. The molecule has 16 heteroatoms. The Bertz CT molecular complexity index is 1110. The minimum atomic E-state index is -5.08. The van der Waals surface area contributed by atoms with E-state index in [9.17, 15) is 40.3 Å². The lowest BCUT2D eigenvalue weighted by Gasteiger charge is -2.23. The van der Waals surface area contributed by atoms with Crippen molar-refractivity contribution in [3.63, 3.8) is 0 Å². The number of urea groups is 1. The van der Waals surface area contributed by atoms with E-state index in [0.29, 0.717) is 18.7 Å². The number of carbonyl (C=O) groups is 3. The number of carbonyl (C=O) groups excluding carboxylic acids is 2. The van der Waals surface area contributed by atoms with Gasteiger partial charge in [-0.1, -0.05) is 0 Å². The van der Waals surface area contributed by atoms with Crippen LogP contribution in [0.15, 0.2) is 30.6 Å². The third-order valence-electron chi connectivity index (χ3n) is 4.76. The molecule has 36 heavy (non-hydrogen) atoms. The number of nitrogens with zero attached hydrogens (tertiary/aromatic N) is 1. The highest BCUT2D eigenvalue weighted by molar-refractivity contribution is 6.03. The zero-order valence-corrected chi connectivity index (χ0v) is 18.1. The Balaban J connectivity index is 0.000000572. The van der Waals surface area contributed by atoms with Crippen LogP contribution in [0.4, 0.5) is 41.2 Å². The van der Waals surface area contributed by atoms with Crippen LogP contribution in [0.3, 0.4) is 0 Å². The van der Waals surface area contributed by atoms with Crippen LogP contribution in [-0.2, 0) is 11.0 Å². The first-order valence-electron chi connectivity index (χ1n) is 10.1. The van der Waals surface area contributed by atoms with Crippen LogP contribution in [0.1, 0.15) is 28.8 Å². The summed E-state index contributed by atoms with van der Waals surface area (Å²) in [5.74, 6) is -4.70. The number of nitrogens with one attached hydrogen (secondary N) is 3. The smallest absolute Gasteiger partial charge is 0.475 e. The first-order chi connectivity index (χ1) is 16.6. The van der Waals surface area contributed by atoms with Crippen LogP contribution in [0.25, 0.3) is 5.69 Å². The number of nitrogens with two attached hydrogens (primary N) is 1. The number of piperidine rings is 1. The van der Waals surface area contributed by atoms with Crippen molar-refractivity contribution in [3.8, 4) is 5.69 Å². The number of anilines is 1. The Morgan fingerprint density at radius 3 is 2.22 bits per heavy atom. The number of aliphatic carboxylic acids is 1. The van der Waals surface area contributed by atoms with Crippen LogP contribution in [-0.4, -0.2) is 52.9 Å². The Morgan fingerprint density at radius 2 is 1.75 bits per heavy atom. The molecule has 1 saturated heterocycles. The Kier molecular flexibility index (Phi) is 8.90. The van der Waals surface area contributed by atoms with E-state index in [-0.39, 0.29) is 23.0 Å². The van der Waals surface area contributed by atoms with Crippen LogP contribution in [0.2, 0.25) is 0 Å². The molecular formula is C20H20F7N5O4. The molecule has 6 N–H and O–H groups in total. The number of carboxylic acid groups (broad SMARTS) is 1. The van der Waals surface area contributed by atoms with Gasteiger partial charge in [-0.3, -0.25) is 4.79 Å². The highest BCUT2D eigenvalue weighted by Crippen LogP contribution is 2.32. The molecule has 0 radical (unpaired) electrons.